The summed E-state index contributed by atoms with van der Waals surface area (Å²) in [6.07, 6.45) is 0. The molecule has 0 amide bonds. The predicted octanol–water partition coefficient (Wildman–Crippen LogP) is 4.01. The standard InChI is InChI=1S/C20H15ClN4O4S/c1-10-6-14(19(27)28-2)16-17(22-10)23-20(24-18(16)26)30-9-13-8-15(29-25-13)11-4-3-5-12(21)7-11/h3-8H,9H2,1-2H3,(H,22,23,24,26). The van der Waals surface area contributed by atoms with Crippen LogP contribution in [0.4, 0.5) is 0 Å². The molecule has 0 atom stereocenters. The van der Waals surface area contributed by atoms with Gasteiger partial charge < -0.3 is 14.2 Å². The number of pyridine rings is 1. The van der Waals surface area contributed by atoms with Crippen LogP contribution in [0.1, 0.15) is 21.7 Å². The third-order valence-electron chi connectivity index (χ3n) is 4.21. The van der Waals surface area contributed by atoms with Crippen molar-refractivity contribution in [3.05, 3.63) is 68.7 Å². The highest BCUT2D eigenvalue weighted by atomic mass is 35.5. The summed E-state index contributed by atoms with van der Waals surface area (Å²) in [5.41, 5.74) is 1.90. The number of nitrogens with zero attached hydrogens (tertiary/aromatic N) is 3. The number of carbonyl (C=O) groups is 1. The van der Waals surface area contributed by atoms with Gasteiger partial charge in [0.25, 0.3) is 5.56 Å². The van der Waals surface area contributed by atoms with E-state index < -0.39 is 11.5 Å². The number of fused-ring (bicyclic) bond motifs is 1. The Bertz CT molecular complexity index is 1320. The molecule has 10 heteroatoms. The van der Waals surface area contributed by atoms with E-state index in [4.69, 9.17) is 20.9 Å². The molecule has 0 unspecified atom stereocenters. The monoisotopic (exact) mass is 442 g/mol. The van der Waals surface area contributed by atoms with Crippen molar-refractivity contribution in [2.24, 2.45) is 0 Å². The van der Waals surface area contributed by atoms with Crippen molar-refractivity contribution in [2.75, 3.05) is 7.11 Å². The fraction of sp³-hybridized carbons (Fsp3) is 0.150. The van der Waals surface area contributed by atoms with Gasteiger partial charge in [-0.15, -0.1) is 0 Å². The number of aryl methyl sites for hydroxylation is 1. The number of methoxy groups -OCH3 is 1. The molecule has 3 heterocycles. The molecular weight excluding hydrogens is 428 g/mol. The van der Waals surface area contributed by atoms with Gasteiger partial charge in [-0.05, 0) is 25.1 Å². The minimum absolute atomic E-state index is 0.0986. The van der Waals surface area contributed by atoms with Gasteiger partial charge in [0.1, 0.15) is 0 Å². The van der Waals surface area contributed by atoms with E-state index in [0.29, 0.717) is 33.1 Å². The largest absolute Gasteiger partial charge is 0.465 e. The molecule has 0 aliphatic rings. The van der Waals surface area contributed by atoms with Crippen molar-refractivity contribution in [1.82, 2.24) is 20.1 Å². The molecule has 1 aromatic carbocycles. The highest BCUT2D eigenvalue weighted by Crippen LogP contribution is 2.26. The lowest BCUT2D eigenvalue weighted by molar-refractivity contribution is 0.0602. The fourth-order valence-electron chi connectivity index (χ4n) is 2.88. The van der Waals surface area contributed by atoms with E-state index in [2.05, 4.69) is 20.1 Å². The van der Waals surface area contributed by atoms with Crippen molar-refractivity contribution < 1.29 is 14.1 Å². The molecule has 0 aliphatic carbocycles. The first-order valence-corrected chi connectivity index (χ1v) is 10.2. The molecule has 0 saturated heterocycles. The highest BCUT2D eigenvalue weighted by molar-refractivity contribution is 7.98. The summed E-state index contributed by atoms with van der Waals surface area (Å²) in [5, 5.41) is 5.11. The predicted molar refractivity (Wildman–Crippen MR) is 113 cm³/mol. The lowest BCUT2D eigenvalue weighted by atomic mass is 10.1. The van der Waals surface area contributed by atoms with Crippen LogP contribution in [0, 0.1) is 6.92 Å². The van der Waals surface area contributed by atoms with Crippen LogP contribution in [0.5, 0.6) is 0 Å². The highest BCUT2D eigenvalue weighted by Gasteiger charge is 2.18. The Labute approximate surface area is 179 Å². The van der Waals surface area contributed by atoms with E-state index in [1.54, 1.807) is 25.1 Å². The number of ether oxygens (including phenoxy) is 1. The van der Waals surface area contributed by atoms with Gasteiger partial charge in [-0.25, -0.2) is 14.8 Å². The Morgan fingerprint density at radius 1 is 1.27 bits per heavy atom. The van der Waals surface area contributed by atoms with Gasteiger partial charge in [0.05, 0.1) is 23.8 Å². The number of carbonyl (C=O) groups excluding carboxylic acids is 1. The van der Waals surface area contributed by atoms with Gasteiger partial charge >= 0.3 is 5.97 Å². The lowest BCUT2D eigenvalue weighted by Gasteiger charge is -2.06. The van der Waals surface area contributed by atoms with E-state index in [1.807, 2.05) is 12.1 Å². The number of hydrogen-bond acceptors (Lipinski definition) is 8. The minimum Gasteiger partial charge on any atom is -0.465 e. The second-order valence-electron chi connectivity index (χ2n) is 6.35. The molecule has 0 bridgehead atoms. The van der Waals surface area contributed by atoms with E-state index in [1.165, 1.54) is 24.9 Å². The number of thioether (sulfide) groups is 1. The molecule has 0 spiro atoms. The van der Waals surface area contributed by atoms with E-state index in [9.17, 15) is 9.59 Å². The van der Waals surface area contributed by atoms with Gasteiger partial charge in [0.2, 0.25) is 0 Å². The van der Waals surface area contributed by atoms with Gasteiger partial charge in [-0.3, -0.25) is 4.79 Å². The van der Waals surface area contributed by atoms with Gasteiger partial charge in [-0.1, -0.05) is 40.7 Å². The summed E-state index contributed by atoms with van der Waals surface area (Å²) < 4.78 is 10.1. The molecule has 30 heavy (non-hydrogen) atoms. The summed E-state index contributed by atoms with van der Waals surface area (Å²) in [6.45, 7) is 1.72. The molecule has 0 aliphatic heterocycles. The van der Waals surface area contributed by atoms with Gasteiger partial charge in [0, 0.05) is 28.1 Å². The van der Waals surface area contributed by atoms with E-state index >= 15 is 0 Å². The number of H-pyrrole nitrogens is 1. The maximum absolute atomic E-state index is 12.6. The van der Waals surface area contributed by atoms with Crippen molar-refractivity contribution in [3.8, 4) is 11.3 Å². The second-order valence-corrected chi connectivity index (χ2v) is 7.75. The summed E-state index contributed by atoms with van der Waals surface area (Å²) in [7, 11) is 1.26. The van der Waals surface area contributed by atoms with E-state index in [0.717, 1.165) is 5.56 Å². The molecule has 152 valence electrons. The average molecular weight is 443 g/mol. The number of rotatable bonds is 5. The Morgan fingerprint density at radius 3 is 2.87 bits per heavy atom. The Balaban J connectivity index is 1.59. The van der Waals surface area contributed by atoms with Gasteiger partial charge in [0.15, 0.2) is 16.6 Å². The number of hydrogen-bond donors (Lipinski definition) is 1. The second kappa shape index (κ2) is 8.29. The number of nitrogens with one attached hydrogen (secondary N) is 1. The molecule has 8 nitrogen and oxygen atoms in total. The number of esters is 1. The summed E-state index contributed by atoms with van der Waals surface area (Å²) in [4.78, 5) is 35.9. The van der Waals surface area contributed by atoms with Crippen molar-refractivity contribution in [1.29, 1.82) is 0 Å². The minimum atomic E-state index is -0.616. The summed E-state index contributed by atoms with van der Waals surface area (Å²) in [5.74, 6) is 0.385. The van der Waals surface area contributed by atoms with Crippen molar-refractivity contribution >= 4 is 40.4 Å². The lowest BCUT2D eigenvalue weighted by Crippen LogP contribution is -2.16. The number of benzene rings is 1. The first-order valence-electron chi connectivity index (χ1n) is 8.79. The third kappa shape index (κ3) is 4.07. The first-order chi connectivity index (χ1) is 14.4. The topological polar surface area (TPSA) is 111 Å². The Kier molecular flexibility index (Phi) is 5.56. The molecule has 4 aromatic rings. The van der Waals surface area contributed by atoms with Crippen LogP contribution in [-0.4, -0.2) is 33.2 Å². The van der Waals surface area contributed by atoms with Crippen LogP contribution in [0.2, 0.25) is 5.02 Å². The van der Waals surface area contributed by atoms with Crippen LogP contribution in [0.25, 0.3) is 22.4 Å². The molecule has 4 rings (SSSR count). The quantitative estimate of drug-likeness (QED) is 0.280. The zero-order chi connectivity index (χ0) is 21.3. The van der Waals surface area contributed by atoms with Crippen LogP contribution < -0.4 is 5.56 Å². The van der Waals surface area contributed by atoms with Crippen molar-refractivity contribution in [2.45, 2.75) is 17.8 Å². The fourth-order valence-corrected chi connectivity index (χ4v) is 3.81. The molecule has 0 radical (unpaired) electrons. The Morgan fingerprint density at radius 2 is 2.10 bits per heavy atom. The van der Waals surface area contributed by atoms with Crippen LogP contribution in [0.3, 0.4) is 0 Å². The SMILES string of the molecule is COC(=O)c1cc(C)nc2nc(SCc3cc(-c4cccc(Cl)c4)on3)[nH]c(=O)c12. The number of aromatic nitrogens is 4. The van der Waals surface area contributed by atoms with Gasteiger partial charge in [-0.2, -0.15) is 0 Å². The Hall–Kier alpha value is -3.17. The maximum Gasteiger partial charge on any atom is 0.338 e. The molecule has 0 saturated carbocycles. The van der Waals surface area contributed by atoms with Crippen LogP contribution in [-0.2, 0) is 10.5 Å². The molecule has 3 aromatic heterocycles. The molecule has 1 N–H and O–H groups in total. The zero-order valence-corrected chi connectivity index (χ0v) is 17.5. The van der Waals surface area contributed by atoms with Crippen LogP contribution >= 0.6 is 23.4 Å². The molecular formula is C20H15ClN4O4S. The normalized spacial score (nSPS) is 11.0. The average Bonchev–Trinajstić information content (AvgIpc) is 3.20. The number of aromatic amines is 1. The smallest absolute Gasteiger partial charge is 0.338 e. The first kappa shape index (κ1) is 20.1. The van der Waals surface area contributed by atoms with E-state index in [-0.39, 0.29) is 16.6 Å². The molecule has 0 fully saturated rings. The van der Waals surface area contributed by atoms with Crippen molar-refractivity contribution in [3.63, 3.8) is 0 Å². The summed E-state index contributed by atoms with van der Waals surface area (Å²) in [6, 6.07) is 10.6. The maximum atomic E-state index is 12.6. The van der Waals surface area contributed by atoms with Crippen LogP contribution in [0.15, 0.2) is 50.9 Å². The third-order valence-corrected chi connectivity index (χ3v) is 5.36. The zero-order valence-electron chi connectivity index (χ0n) is 15.9. The number of halogens is 1. The summed E-state index contributed by atoms with van der Waals surface area (Å²) >= 11 is 7.28.